The van der Waals surface area contributed by atoms with Crippen LogP contribution in [0.1, 0.15) is 15.2 Å². The van der Waals surface area contributed by atoms with Crippen LogP contribution in [0.25, 0.3) is 21.1 Å². The van der Waals surface area contributed by atoms with Gasteiger partial charge in [0, 0.05) is 22.4 Å². The zero-order valence-corrected chi connectivity index (χ0v) is 16.2. The van der Waals surface area contributed by atoms with Crippen LogP contribution in [-0.4, -0.2) is 37.3 Å². The topological polar surface area (TPSA) is 96.4 Å². The number of carbonyl (C=O) groups is 1. The molecule has 6 nitrogen and oxygen atoms in total. The minimum atomic E-state index is -3.17. The second kappa shape index (κ2) is 7.67. The fourth-order valence-electron chi connectivity index (χ4n) is 2.31. The van der Waals surface area contributed by atoms with Crippen LogP contribution in [0.2, 0.25) is 0 Å². The largest absolute Gasteiger partial charge is 0.478 e. The Morgan fingerprint density at radius 1 is 1.27 bits per heavy atom. The van der Waals surface area contributed by atoms with Gasteiger partial charge < -0.3 is 5.11 Å². The molecule has 0 radical (unpaired) electrons. The number of nitrogens with zero attached hydrogens (tertiary/aromatic N) is 1. The predicted molar refractivity (Wildman–Crippen MR) is 104 cm³/mol. The monoisotopic (exact) mass is 408 g/mol. The van der Waals surface area contributed by atoms with Gasteiger partial charge in [0.15, 0.2) is 0 Å². The molecular formula is C17H16N2O4S3. The van der Waals surface area contributed by atoms with Gasteiger partial charge in [0.1, 0.15) is 5.01 Å². The fourth-order valence-corrected chi connectivity index (χ4v) is 4.65. The standard InChI is InChI=1S/C17H16N2O4S3/c1-26(22,23)18-8-7-13-5-6-15(25-13)14-10-24-16(19-14)11-3-2-4-12(9-11)17(20)21/h2-6,9-10,18H,7-8H2,1H3,(H,20,21). The number of benzene rings is 1. The second-order valence-electron chi connectivity index (χ2n) is 5.61. The molecule has 2 aromatic heterocycles. The van der Waals surface area contributed by atoms with Gasteiger partial charge in [-0.05, 0) is 30.7 Å². The molecule has 2 heterocycles. The van der Waals surface area contributed by atoms with Crippen molar-refractivity contribution >= 4 is 38.7 Å². The summed E-state index contributed by atoms with van der Waals surface area (Å²) in [6.07, 6.45) is 1.76. The first-order valence-electron chi connectivity index (χ1n) is 7.65. The first-order chi connectivity index (χ1) is 12.3. The van der Waals surface area contributed by atoms with Gasteiger partial charge in [-0.3, -0.25) is 0 Å². The average molecular weight is 409 g/mol. The Balaban J connectivity index is 1.74. The maximum Gasteiger partial charge on any atom is 0.335 e. The second-order valence-corrected chi connectivity index (χ2v) is 9.47. The summed E-state index contributed by atoms with van der Waals surface area (Å²) >= 11 is 3.03. The van der Waals surface area contributed by atoms with Crippen molar-refractivity contribution in [3.05, 3.63) is 52.2 Å². The average Bonchev–Trinajstić information content (AvgIpc) is 3.22. The summed E-state index contributed by atoms with van der Waals surface area (Å²) in [5.41, 5.74) is 1.84. The van der Waals surface area contributed by atoms with E-state index in [2.05, 4.69) is 9.71 Å². The molecule has 0 bridgehead atoms. The van der Waals surface area contributed by atoms with Crippen molar-refractivity contribution in [2.24, 2.45) is 0 Å². The lowest BCUT2D eigenvalue weighted by molar-refractivity contribution is 0.0697. The molecule has 0 saturated heterocycles. The van der Waals surface area contributed by atoms with Gasteiger partial charge in [-0.1, -0.05) is 12.1 Å². The third kappa shape index (κ3) is 4.76. The number of carboxylic acid groups (broad SMARTS) is 1. The summed E-state index contributed by atoms with van der Waals surface area (Å²) in [6.45, 7) is 0.364. The molecule has 0 spiro atoms. The molecule has 2 N–H and O–H groups in total. The van der Waals surface area contributed by atoms with E-state index in [0.29, 0.717) is 13.0 Å². The number of rotatable bonds is 7. The van der Waals surface area contributed by atoms with E-state index in [1.54, 1.807) is 29.5 Å². The van der Waals surface area contributed by atoms with Gasteiger partial charge in [0.05, 0.1) is 22.4 Å². The summed E-state index contributed by atoms with van der Waals surface area (Å²) < 4.78 is 24.7. The first kappa shape index (κ1) is 18.7. The van der Waals surface area contributed by atoms with E-state index in [1.807, 2.05) is 23.6 Å². The number of sulfonamides is 1. The van der Waals surface area contributed by atoms with Crippen molar-refractivity contribution in [2.75, 3.05) is 12.8 Å². The van der Waals surface area contributed by atoms with Crippen molar-refractivity contribution in [1.82, 2.24) is 9.71 Å². The molecule has 0 aliphatic heterocycles. The van der Waals surface area contributed by atoms with E-state index in [-0.39, 0.29) is 5.56 Å². The van der Waals surface area contributed by atoms with Gasteiger partial charge in [-0.15, -0.1) is 22.7 Å². The van der Waals surface area contributed by atoms with Crippen LogP contribution >= 0.6 is 22.7 Å². The molecule has 3 rings (SSSR count). The number of nitrogens with one attached hydrogen (secondary N) is 1. The van der Waals surface area contributed by atoms with Crippen LogP contribution in [-0.2, 0) is 16.4 Å². The molecule has 0 aliphatic carbocycles. The summed E-state index contributed by atoms with van der Waals surface area (Å²) in [7, 11) is -3.17. The Kier molecular flexibility index (Phi) is 5.52. The maximum atomic E-state index is 11.1. The molecule has 1 aromatic carbocycles. The lowest BCUT2D eigenvalue weighted by Gasteiger charge is -1.99. The Labute approximate surface area is 159 Å². The van der Waals surface area contributed by atoms with E-state index in [4.69, 9.17) is 5.11 Å². The number of aromatic carboxylic acids is 1. The molecule has 26 heavy (non-hydrogen) atoms. The molecule has 0 atom stereocenters. The molecule has 0 unspecified atom stereocenters. The zero-order chi connectivity index (χ0) is 18.7. The number of hydrogen-bond donors (Lipinski definition) is 2. The van der Waals surface area contributed by atoms with E-state index in [1.165, 1.54) is 11.3 Å². The van der Waals surface area contributed by atoms with Gasteiger partial charge >= 0.3 is 5.97 Å². The van der Waals surface area contributed by atoms with Crippen molar-refractivity contribution < 1.29 is 18.3 Å². The summed E-state index contributed by atoms with van der Waals surface area (Å²) in [5, 5.41) is 11.8. The molecule has 136 valence electrons. The summed E-state index contributed by atoms with van der Waals surface area (Å²) in [4.78, 5) is 17.8. The molecule has 0 aliphatic rings. The van der Waals surface area contributed by atoms with E-state index >= 15 is 0 Å². The number of thiazole rings is 1. The highest BCUT2D eigenvalue weighted by atomic mass is 32.2. The summed E-state index contributed by atoms with van der Waals surface area (Å²) in [5.74, 6) is -0.964. The van der Waals surface area contributed by atoms with E-state index < -0.39 is 16.0 Å². The zero-order valence-electron chi connectivity index (χ0n) is 13.8. The van der Waals surface area contributed by atoms with E-state index in [9.17, 15) is 13.2 Å². The lowest BCUT2D eigenvalue weighted by Crippen LogP contribution is -2.23. The van der Waals surface area contributed by atoms with Crippen molar-refractivity contribution in [2.45, 2.75) is 6.42 Å². The Bertz CT molecular complexity index is 1040. The minimum Gasteiger partial charge on any atom is -0.478 e. The molecule has 0 amide bonds. The van der Waals surface area contributed by atoms with Crippen LogP contribution in [0, 0.1) is 0 Å². The highest BCUT2D eigenvalue weighted by molar-refractivity contribution is 7.88. The van der Waals surface area contributed by atoms with Crippen LogP contribution in [0.4, 0.5) is 0 Å². The van der Waals surface area contributed by atoms with Crippen molar-refractivity contribution in [1.29, 1.82) is 0 Å². The number of aromatic nitrogens is 1. The quantitative estimate of drug-likeness (QED) is 0.625. The van der Waals surface area contributed by atoms with Crippen LogP contribution < -0.4 is 4.72 Å². The van der Waals surface area contributed by atoms with Crippen LogP contribution in [0.5, 0.6) is 0 Å². The fraction of sp³-hybridized carbons (Fsp3) is 0.176. The minimum absolute atomic E-state index is 0.232. The third-order valence-electron chi connectivity index (χ3n) is 3.51. The molecule has 0 fully saturated rings. The maximum absolute atomic E-state index is 11.1. The van der Waals surface area contributed by atoms with Gasteiger partial charge in [-0.25, -0.2) is 22.9 Å². The molecule has 0 saturated carbocycles. The summed E-state index contributed by atoms with van der Waals surface area (Å²) in [6, 6.07) is 10.6. The molecule has 9 heteroatoms. The Hall–Kier alpha value is -2.07. The SMILES string of the molecule is CS(=O)(=O)NCCc1ccc(-c2csc(-c3cccc(C(=O)O)c3)n2)s1. The van der Waals surface area contributed by atoms with E-state index in [0.717, 1.165) is 32.3 Å². The van der Waals surface area contributed by atoms with Crippen LogP contribution in [0.15, 0.2) is 41.8 Å². The van der Waals surface area contributed by atoms with Gasteiger partial charge in [0.25, 0.3) is 0 Å². The molecular weight excluding hydrogens is 392 g/mol. The van der Waals surface area contributed by atoms with Gasteiger partial charge in [0.2, 0.25) is 10.0 Å². The number of thiophene rings is 1. The molecule has 3 aromatic rings. The highest BCUT2D eigenvalue weighted by Gasteiger charge is 2.11. The smallest absolute Gasteiger partial charge is 0.335 e. The number of hydrogen-bond acceptors (Lipinski definition) is 6. The first-order valence-corrected chi connectivity index (χ1v) is 11.2. The Morgan fingerprint density at radius 3 is 2.81 bits per heavy atom. The third-order valence-corrected chi connectivity index (χ3v) is 6.30. The number of carboxylic acids is 1. The normalized spacial score (nSPS) is 11.6. The van der Waals surface area contributed by atoms with Gasteiger partial charge in [-0.2, -0.15) is 0 Å². The van der Waals surface area contributed by atoms with Crippen LogP contribution in [0.3, 0.4) is 0 Å². The van der Waals surface area contributed by atoms with Crippen molar-refractivity contribution in [3.8, 4) is 21.1 Å². The highest BCUT2D eigenvalue weighted by Crippen LogP contribution is 2.33. The Morgan fingerprint density at radius 2 is 2.08 bits per heavy atom. The van der Waals surface area contributed by atoms with Crippen molar-refractivity contribution in [3.63, 3.8) is 0 Å². The lowest BCUT2D eigenvalue weighted by atomic mass is 10.1. The predicted octanol–water partition coefficient (Wildman–Crippen LogP) is 3.33.